The molecule has 5 N–H and O–H groups in total. The Bertz CT molecular complexity index is 522. The van der Waals surface area contributed by atoms with Crippen molar-refractivity contribution in [1.29, 1.82) is 0 Å². The van der Waals surface area contributed by atoms with Crippen LogP contribution in [0.3, 0.4) is 0 Å². The van der Waals surface area contributed by atoms with E-state index >= 15 is 0 Å². The maximum atomic E-state index is 11.4. The first-order valence-corrected chi connectivity index (χ1v) is 6.76. The number of nitrogens with one attached hydrogen (secondary N) is 2. The lowest BCUT2D eigenvalue weighted by atomic mass is 10.1. The first kappa shape index (κ1) is 17.1. The average molecular weight is 293 g/mol. The fraction of sp³-hybridized carbons (Fsp3) is 0.444. The van der Waals surface area contributed by atoms with E-state index in [2.05, 4.69) is 5.32 Å². The minimum absolute atomic E-state index is 0.130. The number of primary sulfonamides is 1. The van der Waals surface area contributed by atoms with Crippen LogP contribution in [0.15, 0.2) is 11.1 Å². The largest absolute Gasteiger partial charge is 0.478 e. The predicted molar refractivity (Wildman–Crippen MR) is 65.5 cm³/mol. The van der Waals surface area contributed by atoms with Crippen LogP contribution in [-0.2, 0) is 19.6 Å². The van der Waals surface area contributed by atoms with Gasteiger partial charge in [-0.15, -0.1) is 0 Å². The fourth-order valence-corrected chi connectivity index (χ4v) is 1.27. The number of imide groups is 1. The number of carboxylic acids is 1. The first-order valence-electron chi connectivity index (χ1n) is 5.05. The number of hydrogen-bond acceptors (Lipinski definition) is 5. The van der Waals surface area contributed by atoms with Crippen molar-refractivity contribution in [2.24, 2.45) is 5.14 Å². The second-order valence-electron chi connectivity index (χ2n) is 3.63. The van der Waals surface area contributed by atoms with Crippen molar-refractivity contribution >= 4 is 27.9 Å². The summed E-state index contributed by atoms with van der Waals surface area (Å²) in [5.41, 5.74) is -0.330. The van der Waals surface area contributed by atoms with Crippen LogP contribution in [0.25, 0.3) is 0 Å². The van der Waals surface area contributed by atoms with E-state index in [0.29, 0.717) is 0 Å². The Morgan fingerprint density at radius 2 is 1.68 bits per heavy atom. The number of hydrogen-bond donors (Lipinski definition) is 4. The predicted octanol–water partition coefficient (Wildman–Crippen LogP) is -1.48. The van der Waals surface area contributed by atoms with Gasteiger partial charge in [0.15, 0.2) is 0 Å². The molecule has 10 heteroatoms. The molecule has 0 aromatic carbocycles. The summed E-state index contributed by atoms with van der Waals surface area (Å²) in [5.74, 6) is -2.63. The standard InChI is InChI=1S/C9H15N3O6S/c1-5(6(2)8(14)15)7(13)12-9(16)11-3-4-19(10,17)18/h3-4H2,1-2H3,(H,14,15)(H2,10,17,18)(H2,11,12,13,16)/b6-5-. The Labute approximate surface area is 109 Å². The highest BCUT2D eigenvalue weighted by Gasteiger charge is 2.15. The summed E-state index contributed by atoms with van der Waals surface area (Å²) < 4.78 is 21.1. The Morgan fingerprint density at radius 1 is 1.16 bits per heavy atom. The van der Waals surface area contributed by atoms with Crippen LogP contribution in [-0.4, -0.2) is 43.7 Å². The molecule has 0 unspecified atom stereocenters. The number of carbonyl (C=O) groups excluding carboxylic acids is 2. The van der Waals surface area contributed by atoms with E-state index < -0.39 is 33.7 Å². The van der Waals surface area contributed by atoms with Gasteiger partial charge in [-0.05, 0) is 13.8 Å². The molecule has 9 nitrogen and oxygen atoms in total. The third kappa shape index (κ3) is 7.16. The first-order chi connectivity index (χ1) is 8.54. The van der Waals surface area contributed by atoms with Gasteiger partial charge in [-0.25, -0.2) is 23.1 Å². The molecule has 0 aromatic rings. The molecule has 0 heterocycles. The average Bonchev–Trinajstić information content (AvgIpc) is 2.24. The Kier molecular flexibility index (Phi) is 6.15. The van der Waals surface area contributed by atoms with Gasteiger partial charge in [-0.1, -0.05) is 0 Å². The topological polar surface area (TPSA) is 156 Å². The van der Waals surface area contributed by atoms with E-state index in [1.807, 2.05) is 5.32 Å². The van der Waals surface area contributed by atoms with Crippen LogP contribution in [0.2, 0.25) is 0 Å². The highest BCUT2D eigenvalue weighted by atomic mass is 32.2. The molecule has 0 radical (unpaired) electrons. The maximum absolute atomic E-state index is 11.4. The lowest BCUT2D eigenvalue weighted by Crippen LogP contribution is -2.42. The van der Waals surface area contributed by atoms with Crippen molar-refractivity contribution in [3.8, 4) is 0 Å². The zero-order valence-corrected chi connectivity index (χ0v) is 11.2. The second kappa shape index (κ2) is 6.85. The molecule has 0 fully saturated rings. The number of aliphatic carboxylic acids is 1. The van der Waals surface area contributed by atoms with Crippen LogP contribution in [0.5, 0.6) is 0 Å². The molecule has 108 valence electrons. The normalized spacial score (nSPS) is 12.4. The Hall–Kier alpha value is -1.94. The molecule has 0 aliphatic carbocycles. The van der Waals surface area contributed by atoms with Crippen LogP contribution in [0.1, 0.15) is 13.8 Å². The van der Waals surface area contributed by atoms with Gasteiger partial charge in [-0.3, -0.25) is 10.1 Å². The number of carbonyl (C=O) groups is 3. The molecule has 19 heavy (non-hydrogen) atoms. The monoisotopic (exact) mass is 293 g/mol. The van der Waals surface area contributed by atoms with Crippen LogP contribution in [0.4, 0.5) is 4.79 Å². The van der Waals surface area contributed by atoms with Crippen molar-refractivity contribution in [1.82, 2.24) is 10.6 Å². The molecule has 0 aromatic heterocycles. The molecule has 0 rings (SSSR count). The molecular weight excluding hydrogens is 278 g/mol. The van der Waals surface area contributed by atoms with Gasteiger partial charge >= 0.3 is 12.0 Å². The van der Waals surface area contributed by atoms with E-state index in [-0.39, 0.29) is 17.7 Å². The van der Waals surface area contributed by atoms with Crippen LogP contribution < -0.4 is 15.8 Å². The molecule has 0 saturated carbocycles. The summed E-state index contributed by atoms with van der Waals surface area (Å²) in [7, 11) is -3.70. The number of urea groups is 1. The summed E-state index contributed by atoms with van der Waals surface area (Å²) >= 11 is 0. The summed E-state index contributed by atoms with van der Waals surface area (Å²) in [4.78, 5) is 33.2. The molecule has 0 bridgehead atoms. The van der Waals surface area contributed by atoms with Gasteiger partial charge < -0.3 is 10.4 Å². The fourth-order valence-electron chi connectivity index (χ4n) is 0.879. The number of carboxylic acid groups (broad SMARTS) is 1. The third-order valence-electron chi connectivity index (χ3n) is 2.12. The molecule has 3 amide bonds. The number of amides is 3. The summed E-state index contributed by atoms with van der Waals surface area (Å²) in [5, 5.41) is 17.3. The van der Waals surface area contributed by atoms with Gasteiger partial charge in [0.05, 0.1) is 5.75 Å². The molecule has 0 aliphatic rings. The molecule has 0 spiro atoms. The molecule has 0 aliphatic heterocycles. The van der Waals surface area contributed by atoms with E-state index in [1.54, 1.807) is 0 Å². The lowest BCUT2D eigenvalue weighted by Gasteiger charge is -2.07. The minimum Gasteiger partial charge on any atom is -0.478 e. The quantitative estimate of drug-likeness (QED) is 0.453. The highest BCUT2D eigenvalue weighted by molar-refractivity contribution is 7.89. The van der Waals surface area contributed by atoms with E-state index in [4.69, 9.17) is 10.2 Å². The van der Waals surface area contributed by atoms with Crippen molar-refractivity contribution in [2.45, 2.75) is 13.8 Å². The number of rotatable bonds is 5. The second-order valence-corrected chi connectivity index (χ2v) is 5.37. The van der Waals surface area contributed by atoms with Crippen molar-refractivity contribution in [2.75, 3.05) is 12.3 Å². The van der Waals surface area contributed by atoms with E-state index in [9.17, 15) is 22.8 Å². The molecule has 0 atom stereocenters. The van der Waals surface area contributed by atoms with Gasteiger partial charge in [0.25, 0.3) is 5.91 Å². The Morgan fingerprint density at radius 3 is 2.11 bits per heavy atom. The van der Waals surface area contributed by atoms with Crippen LogP contribution >= 0.6 is 0 Å². The van der Waals surface area contributed by atoms with Gasteiger partial charge in [0.1, 0.15) is 0 Å². The Balaban J connectivity index is 4.40. The van der Waals surface area contributed by atoms with Crippen molar-refractivity contribution in [3.05, 3.63) is 11.1 Å². The van der Waals surface area contributed by atoms with Gasteiger partial charge in [0, 0.05) is 17.7 Å². The molecule has 0 saturated heterocycles. The third-order valence-corrected chi connectivity index (χ3v) is 2.90. The van der Waals surface area contributed by atoms with E-state index in [1.165, 1.54) is 13.8 Å². The smallest absolute Gasteiger partial charge is 0.331 e. The maximum Gasteiger partial charge on any atom is 0.331 e. The SMILES string of the molecule is C/C(C(=O)O)=C(\C)C(=O)NC(=O)NCCS(N)(=O)=O. The summed E-state index contributed by atoms with van der Waals surface area (Å²) in [6, 6.07) is -0.939. The highest BCUT2D eigenvalue weighted by Crippen LogP contribution is 2.02. The number of sulfonamides is 1. The van der Waals surface area contributed by atoms with Crippen molar-refractivity contribution in [3.63, 3.8) is 0 Å². The molecular formula is C9H15N3O6S. The van der Waals surface area contributed by atoms with Crippen LogP contribution in [0, 0.1) is 0 Å². The zero-order valence-electron chi connectivity index (χ0n) is 10.4. The van der Waals surface area contributed by atoms with Gasteiger partial charge in [-0.2, -0.15) is 0 Å². The van der Waals surface area contributed by atoms with E-state index in [0.717, 1.165) is 0 Å². The summed E-state index contributed by atoms with van der Waals surface area (Å²) in [6.45, 7) is 2.20. The number of nitrogens with two attached hydrogens (primary N) is 1. The van der Waals surface area contributed by atoms with Gasteiger partial charge in [0.2, 0.25) is 10.0 Å². The summed E-state index contributed by atoms with van der Waals surface area (Å²) in [6.07, 6.45) is 0. The minimum atomic E-state index is -3.70. The zero-order chi connectivity index (χ0) is 15.2. The lowest BCUT2D eigenvalue weighted by molar-refractivity contribution is -0.133. The van der Waals surface area contributed by atoms with Crippen molar-refractivity contribution < 1.29 is 27.9 Å².